The van der Waals surface area contributed by atoms with Crippen LogP contribution in [0.3, 0.4) is 0 Å². The molecule has 2 saturated heterocycles. The van der Waals surface area contributed by atoms with Crippen LogP contribution in [0.25, 0.3) is 0 Å². The molecule has 0 aliphatic carbocycles. The summed E-state index contributed by atoms with van der Waals surface area (Å²) in [4.78, 5) is 56.3. The molecule has 4 heterocycles. The number of imide groups is 1. The summed E-state index contributed by atoms with van der Waals surface area (Å²) in [7, 11) is 1.59. The van der Waals surface area contributed by atoms with E-state index in [1.807, 2.05) is 46.7 Å². The molecule has 2 bridgehead atoms. The first-order valence-corrected chi connectivity index (χ1v) is 12.7. The number of benzene rings is 1. The van der Waals surface area contributed by atoms with Crippen molar-refractivity contribution in [1.82, 2.24) is 14.4 Å². The Morgan fingerprint density at radius 3 is 2.64 bits per heavy atom. The van der Waals surface area contributed by atoms with E-state index in [0.29, 0.717) is 32.7 Å². The Morgan fingerprint density at radius 2 is 1.86 bits per heavy atom. The van der Waals surface area contributed by atoms with E-state index in [1.54, 1.807) is 19.2 Å². The molecule has 2 aromatic rings. The summed E-state index contributed by atoms with van der Waals surface area (Å²) in [5.41, 5.74) is 1.42. The van der Waals surface area contributed by atoms with Crippen molar-refractivity contribution < 1.29 is 19.1 Å². The van der Waals surface area contributed by atoms with Gasteiger partial charge in [-0.05, 0) is 42.9 Å². The number of carbonyl (C=O) groups is 3. The quantitative estimate of drug-likeness (QED) is 0.438. The van der Waals surface area contributed by atoms with Crippen molar-refractivity contribution in [2.24, 2.45) is 5.92 Å². The molecule has 5 rings (SSSR count). The van der Waals surface area contributed by atoms with E-state index < -0.39 is 5.41 Å². The predicted octanol–water partition coefficient (Wildman–Crippen LogP) is 2.23. The number of hydrogen-bond donors (Lipinski definition) is 0. The van der Waals surface area contributed by atoms with E-state index in [0.717, 1.165) is 23.2 Å². The molecular weight excluding hydrogens is 458 g/mol. The SMILES string of the molecule is COCCCN1C(=O)CC(CC(=O)N2C[C@H]3C[C@@H](C2)c2cccc(=O)n2C3)(c2ccccc2C)C1=O. The van der Waals surface area contributed by atoms with Crippen molar-refractivity contribution >= 4 is 17.7 Å². The lowest BCUT2D eigenvalue weighted by molar-refractivity contribution is -0.143. The predicted molar refractivity (Wildman–Crippen MR) is 133 cm³/mol. The molecular formula is C28H33N3O5. The first kappa shape index (κ1) is 24.4. The summed E-state index contributed by atoms with van der Waals surface area (Å²) in [6.45, 7) is 4.33. The molecule has 8 nitrogen and oxygen atoms in total. The number of aromatic nitrogens is 1. The molecule has 8 heteroatoms. The Bertz CT molecular complexity index is 1250. The highest BCUT2D eigenvalue weighted by Crippen LogP contribution is 2.43. The fourth-order valence-electron chi connectivity index (χ4n) is 6.42. The Balaban J connectivity index is 1.43. The Morgan fingerprint density at radius 1 is 1.06 bits per heavy atom. The number of piperidine rings is 1. The highest BCUT2D eigenvalue weighted by molar-refractivity contribution is 6.11. The van der Waals surface area contributed by atoms with Gasteiger partial charge in [0, 0.05) is 70.4 Å². The molecule has 0 saturated carbocycles. The van der Waals surface area contributed by atoms with Crippen LogP contribution in [0.2, 0.25) is 0 Å². The second-order valence-electron chi connectivity index (χ2n) is 10.4. The van der Waals surface area contributed by atoms with Crippen LogP contribution in [0.1, 0.15) is 48.4 Å². The fourth-order valence-corrected chi connectivity index (χ4v) is 6.42. The molecule has 1 aromatic carbocycles. The van der Waals surface area contributed by atoms with Crippen LogP contribution in [0.4, 0.5) is 0 Å². The normalized spacial score (nSPS) is 25.3. The summed E-state index contributed by atoms with van der Waals surface area (Å²) in [5.74, 6) is -0.353. The van der Waals surface area contributed by atoms with Crippen LogP contribution in [-0.2, 0) is 31.1 Å². The number of nitrogens with zero attached hydrogens (tertiary/aromatic N) is 3. The zero-order chi connectivity index (χ0) is 25.4. The molecule has 0 radical (unpaired) electrons. The number of likely N-dealkylation sites (tertiary alicyclic amines) is 2. The summed E-state index contributed by atoms with van der Waals surface area (Å²) < 4.78 is 6.95. The van der Waals surface area contributed by atoms with Gasteiger partial charge in [0.25, 0.3) is 5.56 Å². The van der Waals surface area contributed by atoms with Crippen molar-refractivity contribution in [3.05, 3.63) is 69.6 Å². The fraction of sp³-hybridized carbons (Fsp3) is 0.500. The van der Waals surface area contributed by atoms with Crippen molar-refractivity contribution in [2.75, 3.05) is 33.4 Å². The minimum atomic E-state index is -1.20. The lowest BCUT2D eigenvalue weighted by Gasteiger charge is -2.43. The van der Waals surface area contributed by atoms with Gasteiger partial charge in [0.15, 0.2) is 0 Å². The third-order valence-corrected chi connectivity index (χ3v) is 8.08. The third kappa shape index (κ3) is 4.17. The summed E-state index contributed by atoms with van der Waals surface area (Å²) in [5, 5.41) is 0. The van der Waals surface area contributed by atoms with Gasteiger partial charge in [-0.2, -0.15) is 0 Å². The minimum Gasteiger partial charge on any atom is -0.385 e. The zero-order valence-corrected chi connectivity index (χ0v) is 20.9. The second-order valence-corrected chi connectivity index (χ2v) is 10.4. The highest BCUT2D eigenvalue weighted by atomic mass is 16.5. The Kier molecular flexibility index (Phi) is 6.55. The van der Waals surface area contributed by atoms with Crippen LogP contribution in [-0.4, -0.2) is 65.4 Å². The number of aryl methyl sites for hydroxylation is 1. The maximum Gasteiger partial charge on any atom is 0.250 e. The van der Waals surface area contributed by atoms with Gasteiger partial charge in [-0.15, -0.1) is 0 Å². The van der Waals surface area contributed by atoms with Crippen LogP contribution in [0, 0.1) is 12.8 Å². The highest BCUT2D eigenvalue weighted by Gasteiger charge is 2.54. The molecule has 3 atom stereocenters. The number of ether oxygens (including phenoxy) is 1. The van der Waals surface area contributed by atoms with Crippen LogP contribution in [0.5, 0.6) is 0 Å². The zero-order valence-electron chi connectivity index (χ0n) is 20.9. The van der Waals surface area contributed by atoms with E-state index in [9.17, 15) is 19.2 Å². The van der Waals surface area contributed by atoms with Crippen LogP contribution in [0.15, 0.2) is 47.3 Å². The van der Waals surface area contributed by atoms with Gasteiger partial charge in [-0.1, -0.05) is 30.3 Å². The van der Waals surface area contributed by atoms with Crippen LogP contribution < -0.4 is 5.56 Å². The third-order valence-electron chi connectivity index (χ3n) is 8.08. The summed E-state index contributed by atoms with van der Waals surface area (Å²) in [6.07, 6.45) is 1.46. The number of rotatable bonds is 7. The van der Waals surface area contributed by atoms with Gasteiger partial charge in [-0.25, -0.2) is 0 Å². The van der Waals surface area contributed by atoms with Gasteiger partial charge in [-0.3, -0.25) is 24.1 Å². The molecule has 3 aliphatic heterocycles. The lowest BCUT2D eigenvalue weighted by Crippen LogP contribution is -2.51. The average molecular weight is 492 g/mol. The van der Waals surface area contributed by atoms with Crippen molar-refractivity contribution in [1.29, 1.82) is 0 Å². The summed E-state index contributed by atoms with van der Waals surface area (Å²) >= 11 is 0. The molecule has 2 fully saturated rings. The van der Waals surface area contributed by atoms with Crippen LogP contribution >= 0.6 is 0 Å². The van der Waals surface area contributed by atoms with Gasteiger partial charge in [0.05, 0.1) is 5.41 Å². The largest absolute Gasteiger partial charge is 0.385 e. The second kappa shape index (κ2) is 9.65. The van der Waals surface area contributed by atoms with Gasteiger partial charge < -0.3 is 14.2 Å². The van der Waals surface area contributed by atoms with Gasteiger partial charge in [0.1, 0.15) is 0 Å². The van der Waals surface area contributed by atoms with E-state index >= 15 is 0 Å². The Labute approximate surface area is 210 Å². The molecule has 3 amide bonds. The smallest absolute Gasteiger partial charge is 0.250 e. The van der Waals surface area contributed by atoms with Gasteiger partial charge in [0.2, 0.25) is 17.7 Å². The lowest BCUT2D eigenvalue weighted by atomic mass is 9.73. The average Bonchev–Trinajstić information content (AvgIpc) is 3.09. The first-order valence-electron chi connectivity index (χ1n) is 12.7. The number of fused-ring (bicyclic) bond motifs is 4. The molecule has 36 heavy (non-hydrogen) atoms. The van der Waals surface area contributed by atoms with E-state index in [1.165, 1.54) is 4.90 Å². The molecule has 1 unspecified atom stereocenters. The number of carbonyl (C=O) groups excluding carboxylic acids is 3. The maximum atomic E-state index is 13.9. The molecule has 0 N–H and O–H groups in total. The molecule has 1 aromatic heterocycles. The maximum absolute atomic E-state index is 13.9. The standard InChI is InChI=1S/C28H33N3O5/c1-19-7-3-4-8-22(19)28(15-26(34)30(27(28)35)11-6-12-36-2)14-25(33)29-16-20-13-21(18-29)23-9-5-10-24(32)31(23)17-20/h3-5,7-10,20-21H,6,11-18H2,1-2H3/t20-,21+,28?/m1/s1. The molecule has 190 valence electrons. The first-order chi connectivity index (χ1) is 17.3. The van der Waals surface area contributed by atoms with E-state index in [4.69, 9.17) is 4.74 Å². The minimum absolute atomic E-state index is 0.00381. The van der Waals surface area contributed by atoms with E-state index in [2.05, 4.69) is 0 Å². The van der Waals surface area contributed by atoms with Crippen molar-refractivity contribution in [3.63, 3.8) is 0 Å². The summed E-state index contributed by atoms with van der Waals surface area (Å²) in [6, 6.07) is 12.9. The van der Waals surface area contributed by atoms with Gasteiger partial charge >= 0.3 is 0 Å². The number of pyridine rings is 1. The van der Waals surface area contributed by atoms with Crippen molar-refractivity contribution in [2.45, 2.75) is 50.5 Å². The number of methoxy groups -OCH3 is 1. The number of hydrogen-bond acceptors (Lipinski definition) is 5. The number of amides is 3. The topological polar surface area (TPSA) is 88.9 Å². The monoisotopic (exact) mass is 491 g/mol. The van der Waals surface area contributed by atoms with Crippen molar-refractivity contribution in [3.8, 4) is 0 Å². The Hall–Kier alpha value is -3.26. The van der Waals surface area contributed by atoms with E-state index in [-0.39, 0.29) is 54.5 Å². The molecule has 0 spiro atoms. The molecule has 3 aliphatic rings.